The van der Waals surface area contributed by atoms with Crippen LogP contribution in [-0.2, 0) is 6.54 Å². The molecule has 0 bridgehead atoms. The minimum atomic E-state index is -0.529. The van der Waals surface area contributed by atoms with Crippen LogP contribution in [0.1, 0.15) is 10.4 Å². The van der Waals surface area contributed by atoms with E-state index in [1.807, 2.05) is 12.3 Å². The Labute approximate surface area is 126 Å². The Morgan fingerprint density at radius 3 is 2.91 bits per heavy atom. The van der Waals surface area contributed by atoms with E-state index in [4.69, 9.17) is 4.42 Å². The van der Waals surface area contributed by atoms with Crippen LogP contribution < -0.4 is 5.32 Å². The third-order valence-corrected chi connectivity index (χ3v) is 3.18. The summed E-state index contributed by atoms with van der Waals surface area (Å²) in [6.45, 7) is 0.841. The fraction of sp³-hybridized carbons (Fsp3) is 0.125. The van der Waals surface area contributed by atoms with Crippen LogP contribution in [0.3, 0.4) is 0 Å². The molecule has 0 aliphatic carbocycles. The third-order valence-electron chi connectivity index (χ3n) is 3.18. The number of hydrogen-bond donors (Lipinski definition) is 1. The first-order valence-electron chi connectivity index (χ1n) is 6.83. The number of nitrogens with zero attached hydrogens (tertiary/aromatic N) is 2. The number of nitrogens with one attached hydrogen (secondary N) is 1. The van der Waals surface area contributed by atoms with E-state index < -0.39 is 11.7 Å². The van der Waals surface area contributed by atoms with Gasteiger partial charge in [-0.05, 0) is 24.3 Å². The van der Waals surface area contributed by atoms with E-state index in [9.17, 15) is 9.18 Å². The molecular formula is C16H14FN3O2. The summed E-state index contributed by atoms with van der Waals surface area (Å²) in [5.74, 6) is -0.225. The first kappa shape index (κ1) is 14.1. The molecule has 0 saturated heterocycles. The molecule has 1 aromatic carbocycles. The molecule has 0 saturated carbocycles. The lowest BCUT2D eigenvalue weighted by atomic mass is 10.2. The first-order valence-corrected chi connectivity index (χ1v) is 6.83. The highest BCUT2D eigenvalue weighted by atomic mass is 19.1. The third kappa shape index (κ3) is 3.06. The number of furan rings is 1. The van der Waals surface area contributed by atoms with Crippen molar-refractivity contribution < 1.29 is 13.6 Å². The number of rotatable bonds is 5. The van der Waals surface area contributed by atoms with Gasteiger partial charge in [0.2, 0.25) is 0 Å². The van der Waals surface area contributed by atoms with Gasteiger partial charge in [0, 0.05) is 12.7 Å². The fourth-order valence-corrected chi connectivity index (χ4v) is 2.08. The van der Waals surface area contributed by atoms with Gasteiger partial charge in [-0.15, -0.1) is 0 Å². The highest BCUT2D eigenvalue weighted by molar-refractivity contribution is 5.94. The predicted octanol–water partition coefficient (Wildman–Crippen LogP) is 2.71. The Morgan fingerprint density at radius 1 is 1.27 bits per heavy atom. The van der Waals surface area contributed by atoms with E-state index in [-0.39, 0.29) is 5.56 Å². The molecule has 3 aromatic rings. The molecule has 0 aliphatic rings. The Bertz CT molecular complexity index is 765. The molecule has 1 N–H and O–H groups in total. The van der Waals surface area contributed by atoms with Crippen molar-refractivity contribution in [2.75, 3.05) is 6.54 Å². The largest absolute Gasteiger partial charge is 0.464 e. The maximum Gasteiger partial charge on any atom is 0.254 e. The van der Waals surface area contributed by atoms with Crippen molar-refractivity contribution in [2.45, 2.75) is 6.54 Å². The predicted molar refractivity (Wildman–Crippen MR) is 78.7 cm³/mol. The van der Waals surface area contributed by atoms with Crippen molar-refractivity contribution in [1.29, 1.82) is 0 Å². The maximum absolute atomic E-state index is 13.5. The standard InChI is InChI=1S/C16H14FN3O2/c17-14-5-2-1-4-13(14)16(21)18-7-8-20-11-12(10-19-20)15-6-3-9-22-15/h1-6,9-11H,7-8H2,(H,18,21). The monoisotopic (exact) mass is 299 g/mol. The van der Waals surface area contributed by atoms with Gasteiger partial charge in [-0.1, -0.05) is 12.1 Å². The SMILES string of the molecule is O=C(NCCn1cc(-c2ccco2)cn1)c1ccccc1F. The zero-order valence-corrected chi connectivity index (χ0v) is 11.7. The van der Waals surface area contributed by atoms with Gasteiger partial charge < -0.3 is 9.73 Å². The van der Waals surface area contributed by atoms with Crippen LogP contribution in [0.2, 0.25) is 0 Å². The molecule has 0 unspecified atom stereocenters. The lowest BCUT2D eigenvalue weighted by Crippen LogP contribution is -2.28. The number of benzene rings is 1. The second kappa shape index (κ2) is 6.26. The van der Waals surface area contributed by atoms with Gasteiger partial charge in [0.05, 0.1) is 30.1 Å². The smallest absolute Gasteiger partial charge is 0.254 e. The van der Waals surface area contributed by atoms with E-state index in [0.717, 1.165) is 11.3 Å². The Morgan fingerprint density at radius 2 is 2.14 bits per heavy atom. The fourth-order valence-electron chi connectivity index (χ4n) is 2.08. The summed E-state index contributed by atoms with van der Waals surface area (Å²) in [6.07, 6.45) is 5.12. The zero-order valence-electron chi connectivity index (χ0n) is 11.7. The first-order chi connectivity index (χ1) is 10.7. The van der Waals surface area contributed by atoms with E-state index in [1.165, 1.54) is 12.1 Å². The second-order valence-electron chi connectivity index (χ2n) is 4.71. The second-order valence-corrected chi connectivity index (χ2v) is 4.71. The number of hydrogen-bond acceptors (Lipinski definition) is 3. The molecule has 0 radical (unpaired) electrons. The van der Waals surface area contributed by atoms with Crippen LogP contribution >= 0.6 is 0 Å². The van der Waals surface area contributed by atoms with Crippen LogP contribution in [0.4, 0.5) is 4.39 Å². The van der Waals surface area contributed by atoms with Crippen LogP contribution in [0.25, 0.3) is 11.3 Å². The van der Waals surface area contributed by atoms with Crippen molar-refractivity contribution in [1.82, 2.24) is 15.1 Å². The molecule has 0 aliphatic heterocycles. The van der Waals surface area contributed by atoms with Gasteiger partial charge in [-0.3, -0.25) is 9.48 Å². The van der Waals surface area contributed by atoms with E-state index in [0.29, 0.717) is 13.1 Å². The Hall–Kier alpha value is -2.89. The number of amides is 1. The summed E-state index contributed by atoms with van der Waals surface area (Å²) in [6, 6.07) is 9.54. The molecule has 1 amide bonds. The van der Waals surface area contributed by atoms with Crippen molar-refractivity contribution in [3.8, 4) is 11.3 Å². The Balaban J connectivity index is 1.55. The molecule has 6 heteroatoms. The van der Waals surface area contributed by atoms with Gasteiger partial charge in [0.15, 0.2) is 0 Å². The Kier molecular flexibility index (Phi) is 4.00. The van der Waals surface area contributed by atoms with Gasteiger partial charge in [0.1, 0.15) is 11.6 Å². The normalized spacial score (nSPS) is 10.6. The van der Waals surface area contributed by atoms with Crippen molar-refractivity contribution >= 4 is 5.91 Å². The van der Waals surface area contributed by atoms with Gasteiger partial charge in [-0.25, -0.2) is 4.39 Å². The van der Waals surface area contributed by atoms with Gasteiger partial charge in [-0.2, -0.15) is 5.10 Å². The summed E-state index contributed by atoms with van der Waals surface area (Å²) in [5.41, 5.74) is 0.907. The highest BCUT2D eigenvalue weighted by Crippen LogP contribution is 2.18. The van der Waals surface area contributed by atoms with Crippen LogP contribution in [0, 0.1) is 5.82 Å². The lowest BCUT2D eigenvalue weighted by Gasteiger charge is -2.06. The van der Waals surface area contributed by atoms with E-state index in [1.54, 1.807) is 35.3 Å². The average molecular weight is 299 g/mol. The van der Waals surface area contributed by atoms with Gasteiger partial charge in [0.25, 0.3) is 5.91 Å². The lowest BCUT2D eigenvalue weighted by molar-refractivity contribution is 0.0948. The molecule has 112 valence electrons. The van der Waals surface area contributed by atoms with Crippen molar-refractivity contribution in [3.05, 3.63) is 66.4 Å². The topological polar surface area (TPSA) is 60.1 Å². The molecule has 0 spiro atoms. The minimum Gasteiger partial charge on any atom is -0.464 e. The van der Waals surface area contributed by atoms with E-state index in [2.05, 4.69) is 10.4 Å². The van der Waals surface area contributed by atoms with Crippen molar-refractivity contribution in [3.63, 3.8) is 0 Å². The molecule has 22 heavy (non-hydrogen) atoms. The molecule has 2 heterocycles. The number of aromatic nitrogens is 2. The number of carbonyl (C=O) groups is 1. The minimum absolute atomic E-state index is 0.0410. The summed E-state index contributed by atoms with van der Waals surface area (Å²) < 4.78 is 20.4. The summed E-state index contributed by atoms with van der Waals surface area (Å²) >= 11 is 0. The average Bonchev–Trinajstić information content (AvgIpc) is 3.18. The maximum atomic E-state index is 13.5. The van der Waals surface area contributed by atoms with Crippen LogP contribution in [-0.4, -0.2) is 22.2 Å². The highest BCUT2D eigenvalue weighted by Gasteiger charge is 2.10. The summed E-state index contributed by atoms with van der Waals surface area (Å²) in [7, 11) is 0. The number of carbonyl (C=O) groups excluding carboxylic acids is 1. The quantitative estimate of drug-likeness (QED) is 0.788. The molecule has 5 nitrogen and oxygen atoms in total. The van der Waals surface area contributed by atoms with E-state index >= 15 is 0 Å². The molecule has 0 fully saturated rings. The van der Waals surface area contributed by atoms with Crippen LogP contribution in [0.15, 0.2) is 59.5 Å². The van der Waals surface area contributed by atoms with Crippen molar-refractivity contribution in [2.24, 2.45) is 0 Å². The zero-order chi connectivity index (χ0) is 15.4. The summed E-state index contributed by atoms with van der Waals surface area (Å²) in [4.78, 5) is 11.9. The molecule has 0 atom stereocenters. The summed E-state index contributed by atoms with van der Waals surface area (Å²) in [5, 5.41) is 6.86. The van der Waals surface area contributed by atoms with Gasteiger partial charge >= 0.3 is 0 Å². The molecule has 3 rings (SSSR count). The molecular weight excluding hydrogens is 285 g/mol. The number of halogens is 1. The molecule has 2 aromatic heterocycles. The van der Waals surface area contributed by atoms with Crippen LogP contribution in [0.5, 0.6) is 0 Å².